The molecule has 0 aliphatic heterocycles. The smallest absolute Gasteiger partial charge is 0.143 e. The van der Waals surface area contributed by atoms with Crippen molar-refractivity contribution in [1.82, 2.24) is 9.97 Å². The van der Waals surface area contributed by atoms with Crippen LogP contribution in [0.1, 0.15) is 0 Å². The van der Waals surface area contributed by atoms with E-state index in [1.165, 1.54) is 10.8 Å². The third-order valence-electron chi connectivity index (χ3n) is 9.71. The van der Waals surface area contributed by atoms with Crippen LogP contribution >= 0.6 is 0 Å². The van der Waals surface area contributed by atoms with Gasteiger partial charge in [0, 0.05) is 38.2 Å². The lowest BCUT2D eigenvalue weighted by Gasteiger charge is -2.14. The standard InChI is InChI=1S/C46H28N2O/c1-3-14-29(15-4-1)33-24-13-25-39-41-27-31(26-40(46(41)49-45(33)39)30-16-5-2-6-17-30)32-18-7-10-21-36(32)42-28-47-43-37-22-11-8-19-34(37)35-20-9-12-23-38(35)44(43)48-42/h1-28H. The molecular formula is C46H28N2O. The Balaban J connectivity index is 1.23. The summed E-state index contributed by atoms with van der Waals surface area (Å²) in [5.74, 6) is 0. The number of benzene rings is 8. The van der Waals surface area contributed by atoms with E-state index < -0.39 is 0 Å². The molecule has 0 atom stereocenters. The Morgan fingerprint density at radius 1 is 0.347 bits per heavy atom. The van der Waals surface area contributed by atoms with Gasteiger partial charge >= 0.3 is 0 Å². The van der Waals surface area contributed by atoms with Crippen LogP contribution in [0, 0.1) is 0 Å². The molecule has 0 unspecified atom stereocenters. The molecule has 0 saturated carbocycles. The third-order valence-corrected chi connectivity index (χ3v) is 9.71. The lowest BCUT2D eigenvalue weighted by atomic mass is 9.92. The highest BCUT2D eigenvalue weighted by atomic mass is 16.3. The SMILES string of the molecule is c1ccc(-c2cccc3c2oc2c(-c4ccccc4)cc(-c4ccccc4-c4cnc5c6ccccc6c6ccccc6c5n4)cc23)cc1. The Morgan fingerprint density at radius 2 is 0.878 bits per heavy atom. The minimum absolute atomic E-state index is 0.841. The molecule has 2 heterocycles. The second-order valence-corrected chi connectivity index (χ2v) is 12.5. The van der Waals surface area contributed by atoms with E-state index in [0.29, 0.717) is 0 Å². The molecule has 49 heavy (non-hydrogen) atoms. The van der Waals surface area contributed by atoms with Crippen molar-refractivity contribution in [1.29, 1.82) is 0 Å². The van der Waals surface area contributed by atoms with Gasteiger partial charge in [-0.25, -0.2) is 4.98 Å². The van der Waals surface area contributed by atoms with Crippen molar-refractivity contribution in [3.63, 3.8) is 0 Å². The number of hydrogen-bond acceptors (Lipinski definition) is 3. The Hall–Kier alpha value is -6.58. The van der Waals surface area contributed by atoms with Gasteiger partial charge in [0.15, 0.2) is 0 Å². The van der Waals surface area contributed by atoms with Gasteiger partial charge in [-0.05, 0) is 45.2 Å². The first kappa shape index (κ1) is 27.5. The molecular weight excluding hydrogens is 597 g/mol. The first-order chi connectivity index (χ1) is 24.3. The van der Waals surface area contributed by atoms with Crippen LogP contribution in [-0.4, -0.2) is 9.97 Å². The van der Waals surface area contributed by atoms with Crippen LogP contribution in [0.4, 0.5) is 0 Å². The summed E-state index contributed by atoms with van der Waals surface area (Å²) in [6.45, 7) is 0. The van der Waals surface area contributed by atoms with Gasteiger partial charge in [0.05, 0.1) is 22.9 Å². The normalized spacial score (nSPS) is 11.7. The average Bonchev–Trinajstić information content (AvgIpc) is 3.57. The molecule has 8 aromatic carbocycles. The van der Waals surface area contributed by atoms with Gasteiger partial charge in [-0.2, -0.15) is 0 Å². The number of fused-ring (bicyclic) bond motifs is 9. The van der Waals surface area contributed by atoms with E-state index in [4.69, 9.17) is 14.4 Å². The van der Waals surface area contributed by atoms with Crippen molar-refractivity contribution >= 4 is 54.5 Å². The highest BCUT2D eigenvalue weighted by Crippen LogP contribution is 2.44. The van der Waals surface area contributed by atoms with Crippen molar-refractivity contribution in [3.8, 4) is 44.6 Å². The monoisotopic (exact) mass is 624 g/mol. The van der Waals surface area contributed by atoms with E-state index in [9.17, 15) is 0 Å². The zero-order valence-corrected chi connectivity index (χ0v) is 26.5. The molecule has 0 aliphatic carbocycles. The molecule has 0 bridgehead atoms. The third kappa shape index (κ3) is 4.37. The quantitative estimate of drug-likeness (QED) is 0.183. The molecule has 3 nitrogen and oxygen atoms in total. The molecule has 0 spiro atoms. The Bertz CT molecular complexity index is 2840. The summed E-state index contributed by atoms with van der Waals surface area (Å²) >= 11 is 0. The summed E-state index contributed by atoms with van der Waals surface area (Å²) in [6, 6.07) is 57.5. The maximum Gasteiger partial charge on any atom is 0.143 e. The van der Waals surface area contributed by atoms with E-state index in [1.807, 2.05) is 12.3 Å². The second-order valence-electron chi connectivity index (χ2n) is 12.5. The molecule has 0 amide bonds. The number of furan rings is 1. The van der Waals surface area contributed by atoms with E-state index in [2.05, 4.69) is 158 Å². The van der Waals surface area contributed by atoms with Crippen molar-refractivity contribution < 1.29 is 4.42 Å². The predicted molar refractivity (Wildman–Crippen MR) is 204 cm³/mol. The molecule has 0 N–H and O–H groups in total. The van der Waals surface area contributed by atoms with Crippen LogP contribution in [0.25, 0.3) is 99.2 Å². The molecule has 0 radical (unpaired) electrons. The highest BCUT2D eigenvalue weighted by molar-refractivity contribution is 6.23. The minimum atomic E-state index is 0.841. The predicted octanol–water partition coefficient (Wildman–Crippen LogP) is 12.5. The largest absolute Gasteiger partial charge is 0.455 e. The van der Waals surface area contributed by atoms with Crippen molar-refractivity contribution in [2.45, 2.75) is 0 Å². The van der Waals surface area contributed by atoms with Gasteiger partial charge in [0.25, 0.3) is 0 Å². The van der Waals surface area contributed by atoms with Gasteiger partial charge in [-0.3, -0.25) is 4.98 Å². The topological polar surface area (TPSA) is 38.9 Å². The Labute approximate surface area is 282 Å². The lowest BCUT2D eigenvalue weighted by molar-refractivity contribution is 0.671. The van der Waals surface area contributed by atoms with Gasteiger partial charge < -0.3 is 4.42 Å². The van der Waals surface area contributed by atoms with Crippen molar-refractivity contribution in [3.05, 3.63) is 170 Å². The van der Waals surface area contributed by atoms with E-state index in [0.717, 1.165) is 88.4 Å². The lowest BCUT2D eigenvalue weighted by Crippen LogP contribution is -1.94. The van der Waals surface area contributed by atoms with Crippen molar-refractivity contribution in [2.24, 2.45) is 0 Å². The van der Waals surface area contributed by atoms with E-state index in [1.54, 1.807) is 0 Å². The number of para-hydroxylation sites is 1. The second kappa shape index (κ2) is 11.0. The molecule has 3 heteroatoms. The highest BCUT2D eigenvalue weighted by Gasteiger charge is 2.20. The first-order valence-electron chi connectivity index (χ1n) is 16.6. The van der Waals surface area contributed by atoms with Gasteiger partial charge in [0.2, 0.25) is 0 Å². The van der Waals surface area contributed by atoms with Crippen LogP contribution in [0.15, 0.2) is 174 Å². The molecule has 10 aromatic rings. The van der Waals surface area contributed by atoms with E-state index in [-0.39, 0.29) is 0 Å². The first-order valence-corrected chi connectivity index (χ1v) is 16.6. The maximum absolute atomic E-state index is 6.83. The van der Waals surface area contributed by atoms with Crippen LogP contribution in [-0.2, 0) is 0 Å². The number of rotatable bonds is 4. The van der Waals surface area contributed by atoms with Gasteiger partial charge in [-0.1, -0.05) is 152 Å². The van der Waals surface area contributed by atoms with Crippen LogP contribution < -0.4 is 0 Å². The fourth-order valence-electron chi connectivity index (χ4n) is 7.44. The fourth-order valence-corrected chi connectivity index (χ4v) is 7.44. The fraction of sp³-hybridized carbons (Fsp3) is 0. The average molecular weight is 625 g/mol. The summed E-state index contributed by atoms with van der Waals surface area (Å²) < 4.78 is 6.83. The molecule has 0 fully saturated rings. The zero-order chi connectivity index (χ0) is 32.3. The molecule has 0 aliphatic rings. The van der Waals surface area contributed by atoms with Gasteiger partial charge in [0.1, 0.15) is 11.2 Å². The molecule has 0 saturated heterocycles. The molecule has 228 valence electrons. The minimum Gasteiger partial charge on any atom is -0.455 e. The maximum atomic E-state index is 6.83. The van der Waals surface area contributed by atoms with Crippen LogP contribution in [0.5, 0.6) is 0 Å². The molecule has 2 aromatic heterocycles. The Morgan fingerprint density at radius 3 is 1.59 bits per heavy atom. The number of aromatic nitrogens is 2. The Kier molecular flexibility index (Phi) is 6.18. The number of hydrogen-bond donors (Lipinski definition) is 0. The number of nitrogens with zero attached hydrogens (tertiary/aromatic N) is 2. The summed E-state index contributed by atoms with van der Waals surface area (Å²) in [6.07, 6.45) is 1.93. The van der Waals surface area contributed by atoms with Crippen LogP contribution in [0.3, 0.4) is 0 Å². The van der Waals surface area contributed by atoms with Gasteiger partial charge in [-0.15, -0.1) is 0 Å². The summed E-state index contributed by atoms with van der Waals surface area (Å²) in [4.78, 5) is 10.4. The molecule has 10 rings (SSSR count). The summed E-state index contributed by atoms with van der Waals surface area (Å²) in [5.41, 5.74) is 12.1. The van der Waals surface area contributed by atoms with E-state index >= 15 is 0 Å². The zero-order valence-electron chi connectivity index (χ0n) is 26.5. The summed E-state index contributed by atoms with van der Waals surface area (Å²) in [5, 5.41) is 6.78. The van der Waals surface area contributed by atoms with Crippen LogP contribution in [0.2, 0.25) is 0 Å². The van der Waals surface area contributed by atoms with Crippen molar-refractivity contribution in [2.75, 3.05) is 0 Å². The summed E-state index contributed by atoms with van der Waals surface area (Å²) in [7, 11) is 0.